The fourth-order valence-electron chi connectivity index (χ4n) is 2.64. The molecule has 26 heavy (non-hydrogen) atoms. The van der Waals surface area contributed by atoms with E-state index in [1.54, 1.807) is 21.6 Å². The fraction of sp³-hybridized carbons (Fsp3) is 0.667. The van der Waals surface area contributed by atoms with Crippen molar-refractivity contribution >= 4 is 55.0 Å². The molecule has 2 unspecified atom stereocenters. The van der Waals surface area contributed by atoms with Crippen molar-refractivity contribution in [1.82, 2.24) is 10.6 Å². The minimum absolute atomic E-state index is 0.0863. The van der Waals surface area contributed by atoms with Gasteiger partial charge in [-0.3, -0.25) is 9.59 Å². The van der Waals surface area contributed by atoms with Gasteiger partial charge >= 0.3 is 0 Å². The minimum atomic E-state index is 0.0863. The van der Waals surface area contributed by atoms with Crippen LogP contribution in [0.4, 0.5) is 0 Å². The molecule has 146 valence electrons. The first-order valence-corrected chi connectivity index (χ1v) is 13.8. The summed E-state index contributed by atoms with van der Waals surface area (Å²) >= 11 is 0. The molecule has 2 amide bonds. The molecule has 0 saturated heterocycles. The van der Waals surface area contributed by atoms with Crippen molar-refractivity contribution in [2.45, 2.75) is 61.9 Å². The largest absolute Gasteiger partial charge is 0.354 e. The molecular weight excluding hydrogens is 404 g/mol. The first kappa shape index (κ1) is 22.1. The maximum atomic E-state index is 11.8. The van der Waals surface area contributed by atoms with E-state index in [1.807, 2.05) is 21.6 Å². The highest BCUT2D eigenvalue weighted by molar-refractivity contribution is 8.78. The van der Waals surface area contributed by atoms with Gasteiger partial charge in [0.05, 0.1) is 0 Å². The van der Waals surface area contributed by atoms with Gasteiger partial charge in [0.25, 0.3) is 0 Å². The third-order valence-corrected chi connectivity index (χ3v) is 8.97. The molecule has 2 atom stereocenters. The molecule has 2 rings (SSSR count). The highest BCUT2D eigenvalue weighted by Crippen LogP contribution is 2.38. The molecule has 0 saturated carbocycles. The van der Waals surface area contributed by atoms with Gasteiger partial charge in [0.1, 0.15) is 0 Å². The summed E-state index contributed by atoms with van der Waals surface area (Å²) in [5.41, 5.74) is 0. The number of carbonyl (C=O) groups excluding carboxylic acids is 2. The van der Waals surface area contributed by atoms with Gasteiger partial charge in [-0.25, -0.2) is 0 Å². The average molecular weight is 433 g/mol. The van der Waals surface area contributed by atoms with Crippen LogP contribution in [0.5, 0.6) is 0 Å². The van der Waals surface area contributed by atoms with Gasteiger partial charge in [0.2, 0.25) is 11.8 Å². The molecule has 0 aromatic heterocycles. The molecule has 2 heterocycles. The molecule has 8 heteroatoms. The van der Waals surface area contributed by atoms with Gasteiger partial charge in [0, 0.05) is 36.4 Å². The number of rotatable bonds is 13. The van der Waals surface area contributed by atoms with E-state index in [0.717, 1.165) is 38.5 Å². The van der Waals surface area contributed by atoms with Crippen LogP contribution in [0.2, 0.25) is 0 Å². The third kappa shape index (κ3) is 10.2. The van der Waals surface area contributed by atoms with Crippen LogP contribution in [0.25, 0.3) is 0 Å². The Morgan fingerprint density at radius 1 is 0.731 bits per heavy atom. The van der Waals surface area contributed by atoms with Crippen LogP contribution in [-0.2, 0) is 9.59 Å². The molecule has 4 nitrogen and oxygen atoms in total. The van der Waals surface area contributed by atoms with E-state index in [2.05, 4.69) is 33.6 Å². The zero-order valence-corrected chi connectivity index (χ0v) is 18.3. The third-order valence-electron chi connectivity index (χ3n) is 4.11. The highest BCUT2D eigenvalue weighted by atomic mass is 33.1. The zero-order chi connectivity index (χ0) is 18.5. The molecule has 0 aliphatic carbocycles. The lowest BCUT2D eigenvalue weighted by molar-refractivity contribution is -0.123. The number of nitrogens with one attached hydrogen (secondary N) is 2. The van der Waals surface area contributed by atoms with E-state index in [4.69, 9.17) is 0 Å². The second-order valence-corrected chi connectivity index (χ2v) is 11.1. The maximum absolute atomic E-state index is 11.8. The summed E-state index contributed by atoms with van der Waals surface area (Å²) in [4.78, 5) is 23.5. The van der Waals surface area contributed by atoms with Gasteiger partial charge in [-0.1, -0.05) is 68.2 Å². The lowest BCUT2D eigenvalue weighted by Crippen LogP contribution is -2.34. The van der Waals surface area contributed by atoms with E-state index in [0.29, 0.717) is 36.4 Å². The molecule has 2 aliphatic heterocycles. The number of hydrogen-bond donors (Lipinski definition) is 2. The predicted octanol–water partition coefficient (Wildman–Crippen LogP) is 4.89. The Morgan fingerprint density at radius 2 is 1.19 bits per heavy atom. The Kier molecular flexibility index (Phi) is 11.8. The van der Waals surface area contributed by atoms with Crippen molar-refractivity contribution in [2.75, 3.05) is 13.1 Å². The smallest absolute Gasteiger partial charge is 0.220 e. The van der Waals surface area contributed by atoms with Crippen molar-refractivity contribution in [3.8, 4) is 0 Å². The Morgan fingerprint density at radius 3 is 1.58 bits per heavy atom. The Balaban J connectivity index is 1.35. The summed E-state index contributed by atoms with van der Waals surface area (Å²) in [5.74, 6) is 0.173. The molecule has 0 fully saturated rings. The van der Waals surface area contributed by atoms with Crippen LogP contribution in [0.1, 0.15) is 51.4 Å². The van der Waals surface area contributed by atoms with Crippen LogP contribution < -0.4 is 10.6 Å². The molecule has 0 aromatic rings. The average Bonchev–Trinajstić information content (AvgIpc) is 3.33. The SMILES string of the molecule is O=C(CCCCC1C=CSS1)NCCNC(=O)CCCCC1C=CSS1. The normalized spacial score (nSPS) is 21.2. The summed E-state index contributed by atoms with van der Waals surface area (Å²) < 4.78 is 0. The second kappa shape index (κ2) is 13.9. The number of hydrogen-bond acceptors (Lipinski definition) is 6. The molecule has 0 radical (unpaired) electrons. The van der Waals surface area contributed by atoms with Crippen molar-refractivity contribution < 1.29 is 9.59 Å². The number of carbonyl (C=O) groups is 2. The summed E-state index contributed by atoms with van der Waals surface area (Å²) in [7, 11) is 7.37. The first-order chi connectivity index (χ1) is 12.7. The fourth-order valence-corrected chi connectivity index (χ4v) is 7.16. The van der Waals surface area contributed by atoms with Crippen molar-refractivity contribution in [1.29, 1.82) is 0 Å². The van der Waals surface area contributed by atoms with E-state index in [-0.39, 0.29) is 11.8 Å². The molecule has 2 aliphatic rings. The van der Waals surface area contributed by atoms with E-state index in [9.17, 15) is 9.59 Å². The van der Waals surface area contributed by atoms with Gasteiger partial charge in [0.15, 0.2) is 0 Å². The standard InChI is InChI=1S/C18H28N2O2S4/c21-17(7-3-1-5-15-9-13-23-25-15)19-11-12-20-18(22)8-4-2-6-16-10-14-24-26-16/h9-10,13-16H,1-8,11-12H2,(H,19,21)(H,20,22). The molecule has 0 aromatic carbocycles. The topological polar surface area (TPSA) is 58.2 Å². The zero-order valence-electron chi connectivity index (χ0n) is 15.0. The van der Waals surface area contributed by atoms with Gasteiger partial charge < -0.3 is 10.6 Å². The monoisotopic (exact) mass is 432 g/mol. The Hall–Kier alpha value is -0.180. The summed E-state index contributed by atoms with van der Waals surface area (Å²) in [6, 6.07) is 0. The van der Waals surface area contributed by atoms with Gasteiger partial charge in [-0.15, -0.1) is 0 Å². The van der Waals surface area contributed by atoms with E-state index < -0.39 is 0 Å². The molecule has 2 N–H and O–H groups in total. The quantitative estimate of drug-likeness (QED) is 0.319. The van der Waals surface area contributed by atoms with Crippen LogP contribution in [0.15, 0.2) is 23.0 Å². The minimum Gasteiger partial charge on any atom is -0.354 e. The molecular formula is C18H28N2O2S4. The Bertz CT molecular complexity index is 456. The Labute approximate surface area is 172 Å². The van der Waals surface area contributed by atoms with Crippen LogP contribution in [-0.4, -0.2) is 35.4 Å². The second-order valence-electron chi connectivity index (χ2n) is 6.31. The van der Waals surface area contributed by atoms with Gasteiger partial charge in [-0.2, -0.15) is 0 Å². The van der Waals surface area contributed by atoms with E-state index in [1.165, 1.54) is 0 Å². The first-order valence-electron chi connectivity index (χ1n) is 9.25. The lowest BCUT2D eigenvalue weighted by atomic mass is 10.1. The van der Waals surface area contributed by atoms with E-state index >= 15 is 0 Å². The highest BCUT2D eigenvalue weighted by Gasteiger charge is 2.11. The van der Waals surface area contributed by atoms with Crippen LogP contribution in [0.3, 0.4) is 0 Å². The number of unbranched alkanes of at least 4 members (excludes halogenated alkanes) is 2. The summed E-state index contributed by atoms with van der Waals surface area (Å²) in [6.07, 6.45) is 12.0. The lowest BCUT2D eigenvalue weighted by Gasteiger charge is -2.09. The van der Waals surface area contributed by atoms with Gasteiger partial charge in [-0.05, 0) is 36.5 Å². The number of amides is 2. The predicted molar refractivity (Wildman–Crippen MR) is 119 cm³/mol. The summed E-state index contributed by atoms with van der Waals surface area (Å²) in [6.45, 7) is 1.03. The van der Waals surface area contributed by atoms with Crippen LogP contribution >= 0.6 is 43.2 Å². The maximum Gasteiger partial charge on any atom is 0.220 e. The molecule has 0 spiro atoms. The van der Waals surface area contributed by atoms with Crippen LogP contribution in [0, 0.1) is 0 Å². The van der Waals surface area contributed by atoms with Crippen molar-refractivity contribution in [3.63, 3.8) is 0 Å². The molecule has 0 bridgehead atoms. The van der Waals surface area contributed by atoms with Crippen molar-refractivity contribution in [3.05, 3.63) is 23.0 Å². The summed E-state index contributed by atoms with van der Waals surface area (Å²) in [5, 5.41) is 11.3. The van der Waals surface area contributed by atoms with Crippen molar-refractivity contribution in [2.24, 2.45) is 0 Å².